The lowest BCUT2D eigenvalue weighted by Gasteiger charge is -2.16. The smallest absolute Gasteiger partial charge is 0.252 e. The number of hydrogen-bond donors (Lipinski definition) is 1. The van der Waals surface area contributed by atoms with Crippen LogP contribution >= 0.6 is 27.3 Å². The minimum Gasteiger partial charge on any atom is -0.326 e. The molecule has 2 aromatic rings. The van der Waals surface area contributed by atoms with Crippen LogP contribution < -0.4 is 5.32 Å². The number of aryl methyl sites for hydroxylation is 1. The Hall–Kier alpha value is -1.22. The molecule has 0 aliphatic heterocycles. The van der Waals surface area contributed by atoms with Crippen molar-refractivity contribution in [3.63, 3.8) is 0 Å². The highest BCUT2D eigenvalue weighted by Crippen LogP contribution is 2.21. The summed E-state index contributed by atoms with van der Waals surface area (Å²) in [6.45, 7) is 2.22. The second-order valence-corrected chi connectivity index (χ2v) is 9.50. The predicted octanol–water partition coefficient (Wildman–Crippen LogP) is 3.86. The SMILES string of the molecule is Cc1cc(Br)ccc1NC(=O)CCCN(C)S(=O)(=O)c1cccs1. The van der Waals surface area contributed by atoms with Gasteiger partial charge in [0.05, 0.1) is 0 Å². The van der Waals surface area contributed by atoms with E-state index in [0.717, 1.165) is 15.7 Å². The number of anilines is 1. The van der Waals surface area contributed by atoms with Gasteiger partial charge in [0.1, 0.15) is 4.21 Å². The molecule has 1 amide bonds. The van der Waals surface area contributed by atoms with Gasteiger partial charge in [0.2, 0.25) is 5.91 Å². The first-order valence-corrected chi connectivity index (χ1v) is 10.5. The maximum Gasteiger partial charge on any atom is 0.252 e. The van der Waals surface area contributed by atoms with E-state index in [1.807, 2.05) is 25.1 Å². The first-order valence-electron chi connectivity index (χ1n) is 7.36. The average Bonchev–Trinajstić information content (AvgIpc) is 3.05. The molecule has 0 saturated carbocycles. The summed E-state index contributed by atoms with van der Waals surface area (Å²) < 4.78 is 27.1. The van der Waals surface area contributed by atoms with Crippen molar-refractivity contribution in [1.29, 1.82) is 0 Å². The van der Waals surface area contributed by atoms with Gasteiger partial charge in [-0.15, -0.1) is 11.3 Å². The molecule has 5 nitrogen and oxygen atoms in total. The van der Waals surface area contributed by atoms with E-state index in [1.54, 1.807) is 17.5 Å². The molecular formula is C16H19BrN2O3S2. The summed E-state index contributed by atoms with van der Waals surface area (Å²) in [6, 6.07) is 8.92. The second kappa shape index (κ2) is 8.24. The molecule has 0 spiro atoms. The largest absolute Gasteiger partial charge is 0.326 e. The highest BCUT2D eigenvalue weighted by Gasteiger charge is 2.21. The Labute approximate surface area is 154 Å². The van der Waals surface area contributed by atoms with Crippen molar-refractivity contribution in [2.24, 2.45) is 0 Å². The molecular weight excluding hydrogens is 412 g/mol. The molecule has 0 fully saturated rings. The van der Waals surface area contributed by atoms with Crippen LogP contribution in [0.2, 0.25) is 0 Å². The molecule has 130 valence electrons. The van der Waals surface area contributed by atoms with Gasteiger partial charge in [-0.05, 0) is 48.6 Å². The maximum absolute atomic E-state index is 12.3. The lowest BCUT2D eigenvalue weighted by molar-refractivity contribution is -0.116. The van der Waals surface area contributed by atoms with E-state index in [9.17, 15) is 13.2 Å². The summed E-state index contributed by atoms with van der Waals surface area (Å²) in [7, 11) is -1.92. The normalized spacial score (nSPS) is 11.7. The van der Waals surface area contributed by atoms with Crippen molar-refractivity contribution in [1.82, 2.24) is 4.31 Å². The van der Waals surface area contributed by atoms with Crippen molar-refractivity contribution in [2.75, 3.05) is 18.9 Å². The summed E-state index contributed by atoms with van der Waals surface area (Å²) in [6.07, 6.45) is 0.725. The van der Waals surface area contributed by atoms with E-state index in [0.29, 0.717) is 17.2 Å². The van der Waals surface area contributed by atoms with Gasteiger partial charge in [-0.2, -0.15) is 0 Å². The molecule has 1 aromatic carbocycles. The number of nitrogens with zero attached hydrogens (tertiary/aromatic N) is 1. The summed E-state index contributed by atoms with van der Waals surface area (Å²) in [4.78, 5) is 12.0. The van der Waals surface area contributed by atoms with Gasteiger partial charge in [-0.1, -0.05) is 22.0 Å². The molecule has 1 N–H and O–H groups in total. The van der Waals surface area contributed by atoms with Crippen LogP contribution in [-0.4, -0.2) is 32.2 Å². The van der Waals surface area contributed by atoms with E-state index in [2.05, 4.69) is 21.2 Å². The van der Waals surface area contributed by atoms with Crippen LogP contribution in [0.25, 0.3) is 0 Å². The summed E-state index contributed by atoms with van der Waals surface area (Å²) in [5.41, 5.74) is 1.73. The van der Waals surface area contributed by atoms with Gasteiger partial charge in [-0.3, -0.25) is 4.79 Å². The van der Waals surface area contributed by atoms with Crippen molar-refractivity contribution in [2.45, 2.75) is 24.0 Å². The zero-order valence-electron chi connectivity index (χ0n) is 13.5. The molecule has 2 rings (SSSR count). The maximum atomic E-state index is 12.3. The third kappa shape index (κ3) is 4.89. The first kappa shape index (κ1) is 19.1. The van der Waals surface area contributed by atoms with Crippen LogP contribution in [0.15, 0.2) is 44.4 Å². The number of rotatable bonds is 7. The van der Waals surface area contributed by atoms with Crippen molar-refractivity contribution in [3.8, 4) is 0 Å². The zero-order valence-corrected chi connectivity index (χ0v) is 16.7. The Bertz CT molecular complexity index is 805. The number of amides is 1. The molecule has 24 heavy (non-hydrogen) atoms. The second-order valence-electron chi connectivity index (χ2n) is 5.37. The van der Waals surface area contributed by atoms with Gasteiger partial charge < -0.3 is 5.32 Å². The molecule has 0 atom stereocenters. The third-order valence-electron chi connectivity index (χ3n) is 3.50. The Kier molecular flexibility index (Phi) is 6.56. The lowest BCUT2D eigenvalue weighted by atomic mass is 10.2. The first-order chi connectivity index (χ1) is 11.3. The molecule has 1 aromatic heterocycles. The van der Waals surface area contributed by atoms with Crippen molar-refractivity contribution >= 4 is 48.9 Å². The monoisotopic (exact) mass is 430 g/mol. The van der Waals surface area contributed by atoms with Crippen LogP contribution in [0.1, 0.15) is 18.4 Å². The number of sulfonamides is 1. The van der Waals surface area contributed by atoms with Crippen molar-refractivity contribution < 1.29 is 13.2 Å². The highest BCUT2D eigenvalue weighted by atomic mass is 79.9. The number of nitrogens with one attached hydrogen (secondary N) is 1. The Morgan fingerprint density at radius 3 is 2.71 bits per heavy atom. The molecule has 0 aliphatic carbocycles. The van der Waals surface area contributed by atoms with E-state index in [4.69, 9.17) is 0 Å². The van der Waals surface area contributed by atoms with Crippen LogP contribution in [0, 0.1) is 6.92 Å². The van der Waals surface area contributed by atoms with Gasteiger partial charge in [0.15, 0.2) is 0 Å². The number of benzene rings is 1. The molecule has 0 radical (unpaired) electrons. The van der Waals surface area contributed by atoms with Crippen molar-refractivity contribution in [3.05, 3.63) is 45.7 Å². The van der Waals surface area contributed by atoms with Crippen LogP contribution in [-0.2, 0) is 14.8 Å². The topological polar surface area (TPSA) is 66.5 Å². The fourth-order valence-electron chi connectivity index (χ4n) is 2.13. The lowest BCUT2D eigenvalue weighted by Crippen LogP contribution is -2.28. The summed E-state index contributed by atoms with van der Waals surface area (Å²) in [5.74, 6) is -0.123. The fourth-order valence-corrected chi connectivity index (χ4v) is 5.01. The average molecular weight is 431 g/mol. The quantitative estimate of drug-likeness (QED) is 0.724. The van der Waals surface area contributed by atoms with Crippen LogP contribution in [0.3, 0.4) is 0 Å². The Morgan fingerprint density at radius 1 is 1.33 bits per heavy atom. The highest BCUT2D eigenvalue weighted by molar-refractivity contribution is 9.10. The molecule has 1 heterocycles. The van der Waals surface area contributed by atoms with Crippen LogP contribution in [0.4, 0.5) is 5.69 Å². The van der Waals surface area contributed by atoms with Gasteiger partial charge >= 0.3 is 0 Å². The van der Waals surface area contributed by atoms with Gasteiger partial charge in [0, 0.05) is 30.2 Å². The molecule has 0 unspecified atom stereocenters. The number of carbonyl (C=O) groups excluding carboxylic acids is 1. The fraction of sp³-hybridized carbons (Fsp3) is 0.312. The molecule has 0 saturated heterocycles. The van der Waals surface area contributed by atoms with Gasteiger partial charge in [0.25, 0.3) is 10.0 Å². The van der Waals surface area contributed by atoms with E-state index in [-0.39, 0.29) is 12.3 Å². The number of thiophene rings is 1. The summed E-state index contributed by atoms with van der Waals surface area (Å²) in [5, 5.41) is 4.58. The Balaban J connectivity index is 1.84. The minimum atomic E-state index is -3.45. The Morgan fingerprint density at radius 2 is 2.08 bits per heavy atom. The molecule has 0 bridgehead atoms. The van der Waals surface area contributed by atoms with E-state index >= 15 is 0 Å². The standard InChI is InChI=1S/C16H19BrN2O3S2/c1-12-11-13(17)7-8-14(12)18-15(20)5-3-9-19(2)24(21,22)16-6-4-10-23-16/h4,6-8,10-11H,3,5,9H2,1-2H3,(H,18,20). The van der Waals surface area contributed by atoms with E-state index in [1.165, 1.54) is 22.7 Å². The number of halogens is 1. The third-order valence-corrected chi connectivity index (χ3v) is 7.22. The molecule has 0 aliphatic rings. The number of carbonyl (C=O) groups is 1. The molecule has 8 heteroatoms. The van der Waals surface area contributed by atoms with Crippen LogP contribution in [0.5, 0.6) is 0 Å². The minimum absolute atomic E-state index is 0.123. The van der Waals surface area contributed by atoms with Gasteiger partial charge in [-0.25, -0.2) is 12.7 Å². The zero-order chi connectivity index (χ0) is 17.7. The number of hydrogen-bond acceptors (Lipinski definition) is 4. The predicted molar refractivity (Wildman–Crippen MR) is 101 cm³/mol. The van der Waals surface area contributed by atoms with E-state index < -0.39 is 10.0 Å². The summed E-state index contributed by atoms with van der Waals surface area (Å²) >= 11 is 4.57.